The number of anilines is 2. The van der Waals surface area contributed by atoms with Crippen LogP contribution >= 0.6 is 11.6 Å². The topological polar surface area (TPSA) is 98.8 Å². The molecule has 1 saturated carbocycles. The fraction of sp³-hybridized carbons (Fsp3) is 0.179. The molecule has 1 aliphatic rings. The van der Waals surface area contributed by atoms with Gasteiger partial charge in [0.05, 0.1) is 19.7 Å². The summed E-state index contributed by atoms with van der Waals surface area (Å²) in [6, 6.07) is 19.1. The summed E-state index contributed by atoms with van der Waals surface area (Å²) in [5.41, 5.74) is 0.777. The number of pyridine rings is 1. The number of hydrogen-bond acceptors (Lipinski definition) is 6. The van der Waals surface area contributed by atoms with Crippen LogP contribution in [0.4, 0.5) is 11.4 Å². The smallest absolute Gasteiger partial charge is 0.240 e. The zero-order chi connectivity index (χ0) is 26.0. The summed E-state index contributed by atoms with van der Waals surface area (Å²) >= 11 is 5.90. The highest BCUT2D eigenvalue weighted by molar-refractivity contribution is 6.30. The predicted octanol–water partition coefficient (Wildman–Crippen LogP) is 6.06. The summed E-state index contributed by atoms with van der Waals surface area (Å²) in [4.78, 5) is 30.2. The van der Waals surface area contributed by atoms with Crippen molar-refractivity contribution in [2.24, 2.45) is 5.41 Å². The fourth-order valence-electron chi connectivity index (χ4n) is 3.99. The molecule has 188 valence electrons. The molecule has 0 spiro atoms. The summed E-state index contributed by atoms with van der Waals surface area (Å²) in [6.07, 6.45) is 2.63. The molecule has 0 unspecified atom stereocenters. The van der Waals surface area contributed by atoms with E-state index in [1.807, 2.05) is 6.07 Å². The van der Waals surface area contributed by atoms with E-state index in [-0.39, 0.29) is 11.8 Å². The Kier molecular flexibility index (Phi) is 6.58. The Morgan fingerprint density at radius 2 is 1.38 bits per heavy atom. The number of hydrogen-bond donors (Lipinski definition) is 2. The van der Waals surface area contributed by atoms with E-state index in [0.717, 1.165) is 5.39 Å². The Morgan fingerprint density at radius 1 is 0.811 bits per heavy atom. The standard InChI is InChI=1S/C28H24ClN3O5/c1-35-24-15-21-22(16-25(24)36-2)30-14-11-23(21)37-20-9-7-19(8-10-20)32-27(34)28(12-13-28)26(33)31-18-5-3-17(29)4-6-18/h3-11,14-16H,12-13H2,1-2H3,(H,31,33)(H,32,34). The van der Waals surface area contributed by atoms with E-state index >= 15 is 0 Å². The molecule has 5 rings (SSSR count). The first kappa shape index (κ1) is 24.4. The Balaban J connectivity index is 1.27. The van der Waals surface area contributed by atoms with Gasteiger partial charge in [-0.15, -0.1) is 0 Å². The van der Waals surface area contributed by atoms with Crippen LogP contribution in [0.1, 0.15) is 12.8 Å². The third-order valence-electron chi connectivity index (χ3n) is 6.27. The Hall–Kier alpha value is -4.30. The van der Waals surface area contributed by atoms with Crippen LogP contribution in [0.3, 0.4) is 0 Å². The molecule has 1 heterocycles. The highest BCUT2D eigenvalue weighted by Gasteiger charge is 2.56. The average molecular weight is 518 g/mol. The summed E-state index contributed by atoms with van der Waals surface area (Å²) in [6.45, 7) is 0. The Morgan fingerprint density at radius 3 is 1.95 bits per heavy atom. The lowest BCUT2D eigenvalue weighted by Crippen LogP contribution is -2.35. The van der Waals surface area contributed by atoms with Crippen molar-refractivity contribution in [2.75, 3.05) is 24.9 Å². The second kappa shape index (κ2) is 9.99. The molecule has 1 aromatic heterocycles. The van der Waals surface area contributed by atoms with E-state index in [1.165, 1.54) is 0 Å². The van der Waals surface area contributed by atoms with Crippen LogP contribution in [0, 0.1) is 5.41 Å². The van der Waals surface area contributed by atoms with Crippen LogP contribution < -0.4 is 24.8 Å². The van der Waals surface area contributed by atoms with Gasteiger partial charge in [-0.25, -0.2) is 0 Å². The van der Waals surface area contributed by atoms with Gasteiger partial charge >= 0.3 is 0 Å². The van der Waals surface area contributed by atoms with Crippen molar-refractivity contribution >= 4 is 45.7 Å². The van der Waals surface area contributed by atoms with E-state index in [9.17, 15) is 9.59 Å². The lowest BCUT2D eigenvalue weighted by Gasteiger charge is -2.16. The SMILES string of the molecule is COc1cc2nccc(Oc3ccc(NC(=O)C4(C(=O)Nc5ccc(Cl)cc5)CC4)cc3)c2cc1OC. The number of carbonyl (C=O) groups is 2. The maximum atomic E-state index is 13.0. The molecule has 4 aromatic rings. The van der Waals surface area contributed by atoms with Crippen molar-refractivity contribution < 1.29 is 23.8 Å². The van der Waals surface area contributed by atoms with Crippen molar-refractivity contribution in [1.82, 2.24) is 4.98 Å². The monoisotopic (exact) mass is 517 g/mol. The summed E-state index contributed by atoms with van der Waals surface area (Å²) in [5, 5.41) is 6.99. The van der Waals surface area contributed by atoms with E-state index in [1.54, 1.807) is 81.1 Å². The Labute approximate surface area is 218 Å². The van der Waals surface area contributed by atoms with E-state index in [4.69, 9.17) is 25.8 Å². The summed E-state index contributed by atoms with van der Waals surface area (Å²) in [5.74, 6) is 1.65. The second-order valence-electron chi connectivity index (χ2n) is 8.66. The van der Waals surface area contributed by atoms with Crippen molar-refractivity contribution in [2.45, 2.75) is 12.8 Å². The molecule has 2 amide bonds. The lowest BCUT2D eigenvalue weighted by molar-refractivity contribution is -0.131. The lowest BCUT2D eigenvalue weighted by atomic mass is 10.0. The number of benzene rings is 3. The first-order chi connectivity index (χ1) is 17.9. The molecule has 0 radical (unpaired) electrons. The molecule has 9 heteroatoms. The molecule has 2 N–H and O–H groups in total. The quantitative estimate of drug-likeness (QED) is 0.276. The molecule has 0 aliphatic heterocycles. The van der Waals surface area contributed by atoms with Gasteiger partial charge < -0.3 is 24.8 Å². The van der Waals surface area contributed by atoms with Crippen LogP contribution in [-0.2, 0) is 9.59 Å². The normalized spacial score (nSPS) is 13.5. The maximum Gasteiger partial charge on any atom is 0.240 e. The predicted molar refractivity (Wildman–Crippen MR) is 142 cm³/mol. The molecule has 1 aliphatic carbocycles. The molecular formula is C28H24ClN3O5. The van der Waals surface area contributed by atoms with Crippen LogP contribution in [0.5, 0.6) is 23.0 Å². The van der Waals surface area contributed by atoms with Gasteiger partial charge in [0, 0.05) is 34.0 Å². The van der Waals surface area contributed by atoms with Crippen LogP contribution in [0.15, 0.2) is 72.9 Å². The molecule has 0 saturated heterocycles. The van der Waals surface area contributed by atoms with Crippen LogP contribution in [0.25, 0.3) is 10.9 Å². The minimum Gasteiger partial charge on any atom is -0.493 e. The van der Waals surface area contributed by atoms with E-state index in [2.05, 4.69) is 15.6 Å². The van der Waals surface area contributed by atoms with Gasteiger partial charge in [0.2, 0.25) is 11.8 Å². The minimum atomic E-state index is -1.08. The first-order valence-electron chi connectivity index (χ1n) is 11.6. The number of halogens is 1. The van der Waals surface area contributed by atoms with E-state index < -0.39 is 5.41 Å². The fourth-order valence-corrected chi connectivity index (χ4v) is 4.11. The third-order valence-corrected chi connectivity index (χ3v) is 6.52. The number of amides is 2. The summed E-state index contributed by atoms with van der Waals surface area (Å²) in [7, 11) is 3.14. The molecule has 37 heavy (non-hydrogen) atoms. The highest BCUT2D eigenvalue weighted by atomic mass is 35.5. The van der Waals surface area contributed by atoms with Gasteiger partial charge in [-0.05, 0) is 73.5 Å². The number of nitrogens with zero attached hydrogens (tertiary/aromatic N) is 1. The number of rotatable bonds is 8. The molecule has 1 fully saturated rings. The van der Waals surface area contributed by atoms with Crippen LogP contribution in [-0.4, -0.2) is 31.0 Å². The van der Waals surface area contributed by atoms with Gasteiger partial charge in [-0.2, -0.15) is 0 Å². The van der Waals surface area contributed by atoms with Gasteiger partial charge in [-0.1, -0.05) is 11.6 Å². The average Bonchev–Trinajstić information content (AvgIpc) is 3.73. The minimum absolute atomic E-state index is 0.330. The molecular weight excluding hydrogens is 494 g/mol. The molecule has 0 atom stereocenters. The maximum absolute atomic E-state index is 13.0. The van der Waals surface area contributed by atoms with Gasteiger partial charge in [0.25, 0.3) is 0 Å². The van der Waals surface area contributed by atoms with Crippen molar-refractivity contribution in [3.8, 4) is 23.0 Å². The molecule has 3 aromatic carbocycles. The number of ether oxygens (including phenoxy) is 3. The van der Waals surface area contributed by atoms with Crippen molar-refractivity contribution in [3.63, 3.8) is 0 Å². The van der Waals surface area contributed by atoms with Crippen LogP contribution in [0.2, 0.25) is 5.02 Å². The molecule has 8 nitrogen and oxygen atoms in total. The van der Waals surface area contributed by atoms with Crippen molar-refractivity contribution in [3.05, 3.63) is 77.9 Å². The number of aromatic nitrogens is 1. The van der Waals surface area contributed by atoms with Gasteiger partial charge in [0.15, 0.2) is 11.5 Å². The zero-order valence-electron chi connectivity index (χ0n) is 20.2. The molecule has 0 bridgehead atoms. The van der Waals surface area contributed by atoms with E-state index in [0.29, 0.717) is 57.8 Å². The number of carbonyl (C=O) groups excluding carboxylic acids is 2. The van der Waals surface area contributed by atoms with Gasteiger partial charge in [0.1, 0.15) is 16.9 Å². The zero-order valence-corrected chi connectivity index (χ0v) is 21.0. The summed E-state index contributed by atoms with van der Waals surface area (Å²) < 4.78 is 16.9. The highest BCUT2D eigenvalue weighted by Crippen LogP contribution is 2.47. The number of nitrogens with one attached hydrogen (secondary N) is 2. The largest absolute Gasteiger partial charge is 0.493 e. The number of methoxy groups -OCH3 is 2. The second-order valence-corrected chi connectivity index (χ2v) is 9.09. The van der Waals surface area contributed by atoms with Gasteiger partial charge in [-0.3, -0.25) is 14.6 Å². The first-order valence-corrected chi connectivity index (χ1v) is 12.0. The third kappa shape index (κ3) is 5.01. The number of fused-ring (bicyclic) bond motifs is 1. The Bertz CT molecular complexity index is 1470. The van der Waals surface area contributed by atoms with Crippen molar-refractivity contribution in [1.29, 1.82) is 0 Å².